The molecular weight excluding hydrogens is 271 g/mol. The maximum Gasteiger partial charge on any atom is 0.459 e. The van der Waals surface area contributed by atoms with E-state index in [4.69, 9.17) is 0 Å². The maximum atomic E-state index is 12.8. The smallest absolute Gasteiger partial charge is 0.227 e. The van der Waals surface area contributed by atoms with Gasteiger partial charge in [0.25, 0.3) is 0 Å². The van der Waals surface area contributed by atoms with Crippen LogP contribution in [0.25, 0.3) is 0 Å². The summed E-state index contributed by atoms with van der Waals surface area (Å²) < 4.78 is 83.4. The van der Waals surface area contributed by atoms with E-state index in [2.05, 4.69) is 9.97 Å². The minimum atomic E-state index is -5.85. The Hall–Kier alpha value is -1.32. The molecule has 17 heavy (non-hydrogen) atoms. The molecule has 1 aromatic heterocycles. The van der Waals surface area contributed by atoms with Gasteiger partial charge in [0.05, 0.1) is 0 Å². The molecule has 0 aromatic carbocycles. The molecule has 0 aliphatic heterocycles. The summed E-state index contributed by atoms with van der Waals surface area (Å²) in [5, 5.41) is -1.08. The van der Waals surface area contributed by atoms with Gasteiger partial charge >= 0.3 is 12.1 Å². The predicted octanol–water partition coefficient (Wildman–Crippen LogP) is 1.53. The topological polar surface area (TPSA) is 59.9 Å². The maximum absolute atomic E-state index is 12.8. The fraction of sp³-hybridized carbons (Fsp3) is 0.429. The standard InChI is InChI=1S/C7H5F5N2O2S/c1-17(15,16)5-13-3-2-4(14-5)6(8,9)7(10,11)12/h2-3H,1H3. The van der Waals surface area contributed by atoms with Crippen LogP contribution in [-0.2, 0) is 15.8 Å². The molecule has 0 atom stereocenters. The van der Waals surface area contributed by atoms with Crippen LogP contribution in [0.15, 0.2) is 17.4 Å². The van der Waals surface area contributed by atoms with Crippen molar-refractivity contribution >= 4 is 9.84 Å². The summed E-state index contributed by atoms with van der Waals surface area (Å²) >= 11 is 0. The lowest BCUT2D eigenvalue weighted by Crippen LogP contribution is -2.35. The summed E-state index contributed by atoms with van der Waals surface area (Å²) in [6, 6.07) is 0.308. The number of halogens is 5. The van der Waals surface area contributed by atoms with Gasteiger partial charge in [-0.1, -0.05) is 0 Å². The Bertz CT molecular complexity index is 525. The zero-order valence-electron chi connectivity index (χ0n) is 8.16. The van der Waals surface area contributed by atoms with Crippen molar-refractivity contribution in [3.8, 4) is 0 Å². The monoisotopic (exact) mass is 276 g/mol. The SMILES string of the molecule is CS(=O)(=O)c1nccc(C(F)(F)C(F)(F)F)n1. The lowest BCUT2D eigenvalue weighted by atomic mass is 10.2. The van der Waals surface area contributed by atoms with Gasteiger partial charge in [0.15, 0.2) is 0 Å². The molecule has 1 aromatic rings. The first kappa shape index (κ1) is 13.7. The fourth-order valence-corrected chi connectivity index (χ4v) is 1.36. The van der Waals surface area contributed by atoms with Gasteiger partial charge in [-0.05, 0) is 6.07 Å². The molecule has 1 rings (SSSR count). The molecule has 0 amide bonds. The van der Waals surface area contributed by atoms with Crippen molar-refractivity contribution in [1.29, 1.82) is 0 Å². The molecule has 0 saturated carbocycles. The first-order valence-corrected chi connectivity index (χ1v) is 5.83. The van der Waals surface area contributed by atoms with Crippen molar-refractivity contribution in [2.24, 2.45) is 0 Å². The Morgan fingerprint density at radius 1 is 1.18 bits per heavy atom. The van der Waals surface area contributed by atoms with E-state index in [1.54, 1.807) is 0 Å². The van der Waals surface area contributed by atoms with Gasteiger partial charge in [-0.2, -0.15) is 22.0 Å². The van der Waals surface area contributed by atoms with Crippen LogP contribution in [0.5, 0.6) is 0 Å². The number of alkyl halides is 5. The molecule has 0 saturated heterocycles. The lowest BCUT2D eigenvalue weighted by Gasteiger charge is -2.18. The summed E-state index contributed by atoms with van der Waals surface area (Å²) in [7, 11) is -4.05. The highest BCUT2D eigenvalue weighted by atomic mass is 32.2. The van der Waals surface area contributed by atoms with E-state index < -0.39 is 32.8 Å². The van der Waals surface area contributed by atoms with Crippen LogP contribution >= 0.6 is 0 Å². The van der Waals surface area contributed by atoms with Crippen molar-refractivity contribution in [2.45, 2.75) is 17.3 Å². The van der Waals surface area contributed by atoms with E-state index in [0.717, 1.165) is 0 Å². The van der Waals surface area contributed by atoms with Crippen molar-refractivity contribution in [3.05, 3.63) is 18.0 Å². The van der Waals surface area contributed by atoms with Gasteiger partial charge in [0.2, 0.25) is 15.0 Å². The molecule has 0 N–H and O–H groups in total. The second-order valence-electron chi connectivity index (χ2n) is 3.07. The molecule has 0 bridgehead atoms. The molecule has 0 unspecified atom stereocenters. The van der Waals surface area contributed by atoms with Crippen molar-refractivity contribution in [1.82, 2.24) is 9.97 Å². The van der Waals surface area contributed by atoms with Gasteiger partial charge in [0.1, 0.15) is 5.69 Å². The molecule has 1 heterocycles. The zero-order chi connectivity index (χ0) is 13.5. The van der Waals surface area contributed by atoms with E-state index in [0.29, 0.717) is 18.5 Å². The normalized spacial score (nSPS) is 13.8. The molecule has 0 spiro atoms. The van der Waals surface area contributed by atoms with E-state index in [1.165, 1.54) is 0 Å². The fourth-order valence-electron chi connectivity index (χ4n) is 0.840. The first-order chi connectivity index (χ1) is 7.46. The Morgan fingerprint density at radius 2 is 1.71 bits per heavy atom. The summed E-state index contributed by atoms with van der Waals surface area (Å²) in [6.07, 6.45) is -4.73. The average molecular weight is 276 g/mol. The highest BCUT2D eigenvalue weighted by Crippen LogP contribution is 2.42. The lowest BCUT2D eigenvalue weighted by molar-refractivity contribution is -0.291. The molecule has 4 nitrogen and oxygen atoms in total. The van der Waals surface area contributed by atoms with E-state index >= 15 is 0 Å². The van der Waals surface area contributed by atoms with Crippen molar-refractivity contribution in [2.75, 3.05) is 6.26 Å². The number of aromatic nitrogens is 2. The summed E-state index contributed by atoms with van der Waals surface area (Å²) in [5.74, 6) is -5.23. The van der Waals surface area contributed by atoms with Crippen LogP contribution in [0.4, 0.5) is 22.0 Å². The van der Waals surface area contributed by atoms with Gasteiger partial charge in [-0.25, -0.2) is 18.4 Å². The number of sulfone groups is 1. The zero-order valence-corrected chi connectivity index (χ0v) is 8.98. The Morgan fingerprint density at radius 3 is 2.12 bits per heavy atom. The Labute approximate surface area is 92.4 Å². The third kappa shape index (κ3) is 2.68. The van der Waals surface area contributed by atoms with Crippen LogP contribution in [0.2, 0.25) is 0 Å². The summed E-state index contributed by atoms with van der Waals surface area (Å²) in [4.78, 5) is 5.82. The summed E-state index contributed by atoms with van der Waals surface area (Å²) in [6.45, 7) is 0. The largest absolute Gasteiger partial charge is 0.459 e. The van der Waals surface area contributed by atoms with E-state index in [1.807, 2.05) is 0 Å². The first-order valence-electron chi connectivity index (χ1n) is 3.94. The Kier molecular flexibility index (Phi) is 3.12. The summed E-state index contributed by atoms with van der Waals surface area (Å²) in [5.41, 5.74) is -1.71. The molecule has 96 valence electrons. The van der Waals surface area contributed by atoms with Crippen LogP contribution in [0, 0.1) is 0 Å². The second-order valence-corrected chi connectivity index (χ2v) is 4.98. The van der Waals surface area contributed by atoms with Crippen LogP contribution < -0.4 is 0 Å². The predicted molar refractivity (Wildman–Crippen MR) is 45.1 cm³/mol. The van der Waals surface area contributed by atoms with E-state index in [-0.39, 0.29) is 0 Å². The molecular formula is C7H5F5N2O2S. The number of rotatable bonds is 2. The highest BCUT2D eigenvalue weighted by Gasteiger charge is 2.60. The van der Waals surface area contributed by atoms with Crippen molar-refractivity contribution in [3.63, 3.8) is 0 Å². The van der Waals surface area contributed by atoms with Gasteiger partial charge in [-0.15, -0.1) is 0 Å². The number of hydrogen-bond donors (Lipinski definition) is 0. The van der Waals surface area contributed by atoms with Crippen LogP contribution in [0.1, 0.15) is 5.69 Å². The molecule has 0 aliphatic rings. The molecule has 10 heteroatoms. The Balaban J connectivity index is 3.36. The molecule has 0 aliphatic carbocycles. The second kappa shape index (κ2) is 3.86. The van der Waals surface area contributed by atoms with Gasteiger partial charge in [0, 0.05) is 12.5 Å². The third-order valence-corrected chi connectivity index (χ3v) is 2.50. The van der Waals surface area contributed by atoms with Gasteiger partial charge in [-0.3, -0.25) is 0 Å². The third-order valence-electron chi connectivity index (χ3n) is 1.64. The average Bonchev–Trinajstić information content (AvgIpc) is 2.15. The molecule has 0 fully saturated rings. The van der Waals surface area contributed by atoms with Crippen molar-refractivity contribution < 1.29 is 30.4 Å². The number of hydrogen-bond acceptors (Lipinski definition) is 4. The molecule has 0 radical (unpaired) electrons. The quantitative estimate of drug-likeness (QED) is 0.607. The highest BCUT2D eigenvalue weighted by molar-refractivity contribution is 7.90. The minimum Gasteiger partial charge on any atom is -0.227 e. The number of nitrogens with zero attached hydrogens (tertiary/aromatic N) is 2. The minimum absolute atomic E-state index is 0.308. The van der Waals surface area contributed by atoms with Gasteiger partial charge < -0.3 is 0 Å². The van der Waals surface area contributed by atoms with Crippen LogP contribution in [0.3, 0.4) is 0 Å². The van der Waals surface area contributed by atoms with E-state index in [9.17, 15) is 30.4 Å². The van der Waals surface area contributed by atoms with Crippen LogP contribution in [-0.4, -0.2) is 30.8 Å².